The number of pyridine rings is 1. The van der Waals surface area contributed by atoms with Gasteiger partial charge in [0.05, 0.1) is 11.5 Å². The number of hydrogen-bond acceptors (Lipinski definition) is 4. The number of nitrogens with zero attached hydrogens (tertiary/aromatic N) is 3. The summed E-state index contributed by atoms with van der Waals surface area (Å²) in [5.74, 6) is 0.149. The van der Waals surface area contributed by atoms with Crippen molar-refractivity contribution in [2.45, 2.75) is 32.7 Å². The lowest BCUT2D eigenvalue weighted by Crippen LogP contribution is -2.31. The Labute approximate surface area is 170 Å². The highest BCUT2D eigenvalue weighted by molar-refractivity contribution is 6.05. The molecule has 0 fully saturated rings. The minimum atomic E-state index is -0.507. The molecule has 2 aromatic carbocycles. The van der Waals surface area contributed by atoms with Gasteiger partial charge in [0.25, 0.3) is 11.6 Å². The molecule has 0 aliphatic heterocycles. The molecule has 0 unspecified atom stereocenters. The third-order valence-corrected chi connectivity index (χ3v) is 4.64. The summed E-state index contributed by atoms with van der Waals surface area (Å²) >= 11 is 0. The minimum Gasteiger partial charge on any atom is -0.288 e. The molecule has 6 heteroatoms. The monoisotopic (exact) mass is 389 g/mol. The van der Waals surface area contributed by atoms with Gasteiger partial charge in [0.15, 0.2) is 0 Å². The van der Waals surface area contributed by atoms with E-state index in [9.17, 15) is 14.9 Å². The molecule has 1 amide bonds. The summed E-state index contributed by atoms with van der Waals surface area (Å²) in [6.45, 7) is 6.75. The van der Waals surface area contributed by atoms with Crippen LogP contribution in [0.5, 0.6) is 0 Å². The van der Waals surface area contributed by atoms with Crippen molar-refractivity contribution >= 4 is 17.4 Å². The highest BCUT2D eigenvalue weighted by Gasteiger charge is 2.21. The van der Waals surface area contributed by atoms with Gasteiger partial charge in [0, 0.05) is 23.9 Å². The summed E-state index contributed by atoms with van der Waals surface area (Å²) in [6, 6.07) is 19.2. The topological polar surface area (TPSA) is 76.3 Å². The van der Waals surface area contributed by atoms with Crippen LogP contribution in [-0.2, 0) is 12.0 Å². The molecule has 0 atom stereocenters. The van der Waals surface area contributed by atoms with E-state index in [1.807, 2.05) is 12.1 Å². The van der Waals surface area contributed by atoms with E-state index in [0.29, 0.717) is 12.4 Å². The van der Waals surface area contributed by atoms with Gasteiger partial charge < -0.3 is 0 Å². The van der Waals surface area contributed by atoms with Crippen LogP contribution in [0.15, 0.2) is 72.9 Å². The van der Waals surface area contributed by atoms with Crippen LogP contribution in [-0.4, -0.2) is 15.8 Å². The van der Waals surface area contributed by atoms with Crippen molar-refractivity contribution in [1.29, 1.82) is 0 Å². The molecule has 0 aliphatic rings. The van der Waals surface area contributed by atoms with E-state index < -0.39 is 4.92 Å². The molecule has 29 heavy (non-hydrogen) atoms. The first-order chi connectivity index (χ1) is 13.8. The Bertz CT molecular complexity index is 1010. The zero-order valence-corrected chi connectivity index (χ0v) is 16.7. The average molecular weight is 389 g/mol. The predicted molar refractivity (Wildman–Crippen MR) is 113 cm³/mol. The van der Waals surface area contributed by atoms with Gasteiger partial charge in [0.1, 0.15) is 5.82 Å². The number of carbonyl (C=O) groups excluding carboxylic acids is 1. The van der Waals surface area contributed by atoms with Crippen molar-refractivity contribution in [2.24, 2.45) is 0 Å². The molecule has 6 nitrogen and oxygen atoms in total. The van der Waals surface area contributed by atoms with Crippen LogP contribution in [0.2, 0.25) is 0 Å². The number of nitro benzene ring substituents is 1. The van der Waals surface area contributed by atoms with Crippen molar-refractivity contribution in [3.05, 3.63) is 99.7 Å². The van der Waals surface area contributed by atoms with E-state index in [-0.39, 0.29) is 22.6 Å². The van der Waals surface area contributed by atoms with E-state index in [4.69, 9.17) is 0 Å². The average Bonchev–Trinajstić information content (AvgIpc) is 2.72. The highest BCUT2D eigenvalue weighted by Crippen LogP contribution is 2.24. The van der Waals surface area contributed by atoms with Crippen LogP contribution in [0.1, 0.15) is 42.3 Å². The Kier molecular flexibility index (Phi) is 5.73. The number of rotatable bonds is 5. The molecule has 0 bridgehead atoms. The standard InChI is InChI=1S/C23H23N3O3/c1-23(2,3)19-12-10-17(11-13-19)16-25(21-9-4-5-14-24-21)22(27)18-7-6-8-20(15-18)26(28)29/h4-15H,16H2,1-3H3. The zero-order chi connectivity index (χ0) is 21.0. The maximum Gasteiger partial charge on any atom is 0.270 e. The Morgan fingerprint density at radius 2 is 1.76 bits per heavy atom. The maximum atomic E-state index is 13.2. The molecule has 148 valence electrons. The third kappa shape index (κ3) is 4.85. The van der Waals surface area contributed by atoms with Crippen LogP contribution < -0.4 is 4.90 Å². The van der Waals surface area contributed by atoms with Gasteiger partial charge in [-0.25, -0.2) is 4.98 Å². The lowest BCUT2D eigenvalue weighted by Gasteiger charge is -2.23. The van der Waals surface area contributed by atoms with Crippen LogP contribution in [0.25, 0.3) is 0 Å². The molecule has 0 saturated heterocycles. The summed E-state index contributed by atoms with van der Waals surface area (Å²) in [5, 5.41) is 11.1. The Balaban J connectivity index is 1.94. The number of nitro groups is 1. The summed E-state index contributed by atoms with van der Waals surface area (Å²) in [6.07, 6.45) is 1.62. The van der Waals surface area contributed by atoms with Crippen molar-refractivity contribution < 1.29 is 9.72 Å². The van der Waals surface area contributed by atoms with E-state index in [1.165, 1.54) is 28.7 Å². The van der Waals surface area contributed by atoms with Gasteiger partial charge >= 0.3 is 0 Å². The first kappa shape index (κ1) is 20.2. The van der Waals surface area contributed by atoms with Gasteiger partial charge in [-0.3, -0.25) is 19.8 Å². The molecule has 0 saturated carbocycles. The number of aromatic nitrogens is 1. The molecular formula is C23H23N3O3. The van der Waals surface area contributed by atoms with Crippen molar-refractivity contribution in [2.75, 3.05) is 4.90 Å². The molecule has 3 rings (SSSR count). The second kappa shape index (κ2) is 8.22. The quantitative estimate of drug-likeness (QED) is 0.447. The summed E-state index contributed by atoms with van der Waals surface area (Å²) in [4.78, 5) is 29.6. The molecule has 1 heterocycles. The van der Waals surface area contributed by atoms with Gasteiger partial charge in [-0.15, -0.1) is 0 Å². The SMILES string of the molecule is CC(C)(C)c1ccc(CN(C(=O)c2cccc([N+](=O)[O-])c2)c2ccccn2)cc1. The highest BCUT2D eigenvalue weighted by atomic mass is 16.6. The van der Waals surface area contributed by atoms with Crippen LogP contribution >= 0.6 is 0 Å². The van der Waals surface area contributed by atoms with Crippen LogP contribution in [0.4, 0.5) is 11.5 Å². The fourth-order valence-corrected chi connectivity index (χ4v) is 2.97. The molecule has 0 N–H and O–H groups in total. The normalized spacial score (nSPS) is 11.1. The largest absolute Gasteiger partial charge is 0.288 e. The molecule has 0 spiro atoms. The Morgan fingerprint density at radius 3 is 2.34 bits per heavy atom. The molecule has 1 aromatic heterocycles. The maximum absolute atomic E-state index is 13.2. The number of anilines is 1. The first-order valence-corrected chi connectivity index (χ1v) is 9.32. The van der Waals surface area contributed by atoms with Gasteiger partial charge in [-0.1, -0.05) is 57.2 Å². The van der Waals surface area contributed by atoms with Crippen molar-refractivity contribution in [1.82, 2.24) is 4.98 Å². The number of benzene rings is 2. The smallest absolute Gasteiger partial charge is 0.270 e. The predicted octanol–water partition coefficient (Wildman–Crippen LogP) is 5.13. The van der Waals surface area contributed by atoms with Crippen LogP contribution in [0.3, 0.4) is 0 Å². The van der Waals surface area contributed by atoms with E-state index in [1.54, 1.807) is 30.5 Å². The summed E-state index contributed by atoms with van der Waals surface area (Å²) in [5.41, 5.74) is 2.32. The lowest BCUT2D eigenvalue weighted by atomic mass is 9.87. The van der Waals surface area contributed by atoms with Crippen molar-refractivity contribution in [3.63, 3.8) is 0 Å². The summed E-state index contributed by atoms with van der Waals surface area (Å²) < 4.78 is 0. The molecule has 0 aliphatic carbocycles. The van der Waals surface area contributed by atoms with Crippen LogP contribution in [0, 0.1) is 10.1 Å². The Morgan fingerprint density at radius 1 is 1.03 bits per heavy atom. The summed E-state index contributed by atoms with van der Waals surface area (Å²) in [7, 11) is 0. The van der Waals surface area contributed by atoms with Crippen molar-refractivity contribution in [3.8, 4) is 0 Å². The number of carbonyl (C=O) groups is 1. The second-order valence-electron chi connectivity index (χ2n) is 7.83. The fourth-order valence-electron chi connectivity index (χ4n) is 2.97. The van der Waals surface area contributed by atoms with Gasteiger partial charge in [-0.05, 0) is 34.7 Å². The molecule has 3 aromatic rings. The molecule has 0 radical (unpaired) electrons. The minimum absolute atomic E-state index is 0.0397. The first-order valence-electron chi connectivity index (χ1n) is 9.32. The van der Waals surface area contributed by atoms with Gasteiger partial charge in [0.2, 0.25) is 0 Å². The lowest BCUT2D eigenvalue weighted by molar-refractivity contribution is -0.384. The van der Waals surface area contributed by atoms with E-state index >= 15 is 0 Å². The van der Waals surface area contributed by atoms with E-state index in [2.05, 4.69) is 37.9 Å². The third-order valence-electron chi connectivity index (χ3n) is 4.64. The second-order valence-corrected chi connectivity index (χ2v) is 7.83. The number of non-ortho nitro benzene ring substituents is 1. The van der Waals surface area contributed by atoms with E-state index in [0.717, 1.165) is 5.56 Å². The molecular weight excluding hydrogens is 366 g/mol. The number of amides is 1. The number of hydrogen-bond donors (Lipinski definition) is 0. The van der Waals surface area contributed by atoms with Gasteiger partial charge in [-0.2, -0.15) is 0 Å². The Hall–Kier alpha value is -3.54. The fraction of sp³-hybridized carbons (Fsp3) is 0.217. The zero-order valence-electron chi connectivity index (χ0n) is 16.7.